The number of likely N-dealkylation sites (N-methyl/N-ethyl adjacent to an activating group) is 1. The zero-order chi connectivity index (χ0) is 54.2. The van der Waals surface area contributed by atoms with E-state index in [1.807, 2.05) is 27.2 Å². The molecule has 0 saturated carbocycles. The second kappa shape index (κ2) is 54.9. The molecule has 0 saturated heterocycles. The number of rotatable bonds is 54. The third-order valence-electron chi connectivity index (χ3n) is 12.9. The van der Waals surface area contributed by atoms with Gasteiger partial charge in [0.25, 0.3) is 7.82 Å². The fraction of sp³-hybridized carbons (Fsp3) is 0.708. The van der Waals surface area contributed by atoms with Gasteiger partial charge in [-0.15, -0.1) is 0 Å². The van der Waals surface area contributed by atoms with E-state index in [0.717, 1.165) is 96.3 Å². The van der Waals surface area contributed by atoms with Gasteiger partial charge in [-0.25, -0.2) is 0 Å². The minimum absolute atomic E-state index is 0.0164. The van der Waals surface area contributed by atoms with E-state index < -0.39 is 26.6 Å². The van der Waals surface area contributed by atoms with Crippen molar-refractivity contribution in [1.29, 1.82) is 0 Å². The second-order valence-corrected chi connectivity index (χ2v) is 22.7. The molecule has 0 fully saturated rings. The first-order chi connectivity index (χ1) is 36.0. The number of phosphoric acid groups is 1. The molecule has 0 rings (SSSR count). The molecule has 3 atom stereocenters. The van der Waals surface area contributed by atoms with Gasteiger partial charge in [-0.05, 0) is 96.3 Å². The molecule has 8 nitrogen and oxygen atoms in total. The van der Waals surface area contributed by atoms with Crippen LogP contribution in [0.3, 0.4) is 0 Å². The van der Waals surface area contributed by atoms with E-state index in [0.29, 0.717) is 17.4 Å². The first kappa shape index (κ1) is 71.2. The summed E-state index contributed by atoms with van der Waals surface area (Å²) in [4.78, 5) is 25.5. The minimum Gasteiger partial charge on any atom is -0.756 e. The molecule has 0 bridgehead atoms. The monoisotopic (exact) mass is 1050 g/mol. The van der Waals surface area contributed by atoms with E-state index in [1.165, 1.54) is 128 Å². The van der Waals surface area contributed by atoms with Gasteiger partial charge in [-0.3, -0.25) is 9.36 Å². The van der Waals surface area contributed by atoms with Crippen LogP contribution in [-0.2, 0) is 18.4 Å². The summed E-state index contributed by atoms with van der Waals surface area (Å²) in [6.07, 6.45) is 80.3. The van der Waals surface area contributed by atoms with Crippen LogP contribution in [0.15, 0.2) is 109 Å². The molecular weight excluding hydrogens is 936 g/mol. The molecule has 1 amide bonds. The van der Waals surface area contributed by atoms with Crippen LogP contribution in [0.1, 0.15) is 245 Å². The van der Waals surface area contributed by atoms with E-state index in [1.54, 1.807) is 6.08 Å². The molecule has 0 aromatic carbocycles. The number of nitrogens with one attached hydrogen (secondary N) is 1. The van der Waals surface area contributed by atoms with Gasteiger partial charge >= 0.3 is 0 Å². The quantitative estimate of drug-likeness (QED) is 0.0272. The van der Waals surface area contributed by atoms with Gasteiger partial charge in [0.05, 0.1) is 39.9 Å². The largest absolute Gasteiger partial charge is 0.756 e. The number of quaternary nitrogens is 1. The van der Waals surface area contributed by atoms with Crippen LogP contribution < -0.4 is 10.2 Å². The lowest BCUT2D eigenvalue weighted by Crippen LogP contribution is -2.45. The molecule has 426 valence electrons. The number of allylic oxidation sites excluding steroid dienone is 17. The highest BCUT2D eigenvalue weighted by Crippen LogP contribution is 2.38. The van der Waals surface area contributed by atoms with Crippen molar-refractivity contribution in [2.75, 3.05) is 40.9 Å². The van der Waals surface area contributed by atoms with Crippen molar-refractivity contribution in [2.24, 2.45) is 0 Å². The van der Waals surface area contributed by atoms with Gasteiger partial charge in [0.15, 0.2) is 0 Å². The fourth-order valence-electron chi connectivity index (χ4n) is 8.25. The Morgan fingerprint density at radius 2 is 0.838 bits per heavy atom. The van der Waals surface area contributed by atoms with E-state index in [-0.39, 0.29) is 12.5 Å². The number of hydrogen-bond donors (Lipinski definition) is 2. The normalized spacial score (nSPS) is 14.6. The van der Waals surface area contributed by atoms with Crippen molar-refractivity contribution in [3.8, 4) is 0 Å². The molecule has 0 heterocycles. The number of carbonyl (C=O) groups is 1. The zero-order valence-corrected chi connectivity index (χ0v) is 49.4. The highest BCUT2D eigenvalue weighted by atomic mass is 31.2. The lowest BCUT2D eigenvalue weighted by Gasteiger charge is -2.29. The number of hydrogen-bond acceptors (Lipinski definition) is 6. The first-order valence-electron chi connectivity index (χ1n) is 30.2. The summed E-state index contributed by atoms with van der Waals surface area (Å²) in [6, 6.07) is -0.923. The summed E-state index contributed by atoms with van der Waals surface area (Å²) < 4.78 is 23.3. The molecule has 0 spiro atoms. The summed E-state index contributed by atoms with van der Waals surface area (Å²) in [5.41, 5.74) is 0. The van der Waals surface area contributed by atoms with Gasteiger partial charge in [-0.1, -0.05) is 252 Å². The van der Waals surface area contributed by atoms with Crippen molar-refractivity contribution in [3.05, 3.63) is 109 Å². The SMILES string of the molecule is CC/C=C\C/C=C\C/C=C\C/C=C\C/C=C\C/C=C\CCCCCCCCCCC(=O)NC(COP(=O)([O-])OCC[N+](C)(C)C)C(O)/C=C/CC/C=C/CC/C=C/CCCCCCCCCCCCCCCCC. The van der Waals surface area contributed by atoms with Crippen molar-refractivity contribution in [1.82, 2.24) is 5.32 Å². The zero-order valence-electron chi connectivity index (χ0n) is 48.5. The van der Waals surface area contributed by atoms with Crippen LogP contribution in [0.2, 0.25) is 0 Å². The summed E-state index contributed by atoms with van der Waals surface area (Å²) in [7, 11) is 1.22. The van der Waals surface area contributed by atoms with E-state index in [9.17, 15) is 19.4 Å². The highest BCUT2D eigenvalue weighted by molar-refractivity contribution is 7.45. The smallest absolute Gasteiger partial charge is 0.268 e. The van der Waals surface area contributed by atoms with Crippen LogP contribution >= 0.6 is 7.82 Å². The summed E-state index contributed by atoms with van der Waals surface area (Å²) >= 11 is 0. The Bertz CT molecular complexity index is 1570. The Balaban J connectivity index is 4.31. The summed E-state index contributed by atoms with van der Waals surface area (Å²) in [5.74, 6) is -0.223. The molecule has 0 aliphatic rings. The summed E-state index contributed by atoms with van der Waals surface area (Å²) in [6.45, 7) is 4.50. The highest BCUT2D eigenvalue weighted by Gasteiger charge is 2.23. The van der Waals surface area contributed by atoms with Crippen LogP contribution in [0.5, 0.6) is 0 Å². The number of phosphoric ester groups is 1. The number of nitrogens with zero attached hydrogens (tertiary/aromatic N) is 1. The van der Waals surface area contributed by atoms with E-state index >= 15 is 0 Å². The Morgan fingerprint density at radius 1 is 0.486 bits per heavy atom. The topological polar surface area (TPSA) is 108 Å². The van der Waals surface area contributed by atoms with Gasteiger partial charge in [0.1, 0.15) is 13.2 Å². The number of unbranched alkanes of at least 4 members (excludes halogenated alkanes) is 25. The predicted molar refractivity (Wildman–Crippen MR) is 320 cm³/mol. The van der Waals surface area contributed by atoms with Crippen molar-refractivity contribution in [3.63, 3.8) is 0 Å². The molecule has 0 aliphatic carbocycles. The Morgan fingerprint density at radius 3 is 1.26 bits per heavy atom. The maximum Gasteiger partial charge on any atom is 0.268 e. The molecule has 2 N–H and O–H groups in total. The number of amides is 1. The number of aliphatic hydroxyl groups is 1. The van der Waals surface area contributed by atoms with Gasteiger partial charge in [0, 0.05) is 6.42 Å². The molecule has 0 aromatic rings. The summed E-state index contributed by atoms with van der Waals surface area (Å²) in [5, 5.41) is 13.9. The van der Waals surface area contributed by atoms with Crippen LogP contribution in [-0.4, -0.2) is 68.5 Å². The molecule has 74 heavy (non-hydrogen) atoms. The molecule has 9 heteroatoms. The lowest BCUT2D eigenvalue weighted by molar-refractivity contribution is -0.870. The Labute approximate surface area is 457 Å². The predicted octanol–water partition coefficient (Wildman–Crippen LogP) is 18.1. The number of carbonyl (C=O) groups excluding carboxylic acids is 1. The van der Waals surface area contributed by atoms with Crippen molar-refractivity contribution in [2.45, 2.75) is 257 Å². The van der Waals surface area contributed by atoms with Crippen molar-refractivity contribution >= 4 is 13.7 Å². The standard InChI is InChI=1S/C65H115N2O6P/c1-6-8-10-12-14-16-18-20-22-24-26-28-30-32-33-35-37-39-41-43-45-47-49-51-53-55-57-59-65(69)66-63(62-73-74(70,71)72-61-60-67(3,4)5)64(68)58-56-54-52-50-48-46-44-42-40-38-36-34-31-29-27-25-23-21-19-17-15-13-11-9-7-2/h8,10,14,16,20,22,26,28,32-33,37,39-40,42,48,50,56,58,63-64,68H,6-7,9,11-13,15,17-19,21,23-25,27,29-31,34-36,38,41,43-47,49,51-55,57,59-62H2,1-5H3,(H-,66,69,70,71)/b10-8-,16-14-,22-20-,28-26-,33-32-,39-37-,42-40+,50-48+,58-56+. The average Bonchev–Trinajstić information content (AvgIpc) is 3.36. The number of aliphatic hydroxyl groups excluding tert-OH is 1. The minimum atomic E-state index is -4.62. The fourth-order valence-corrected chi connectivity index (χ4v) is 8.97. The molecule has 3 unspecified atom stereocenters. The molecule has 0 aliphatic heterocycles. The Hall–Kier alpha value is -2.84. The third kappa shape index (κ3) is 56.9. The van der Waals surface area contributed by atoms with E-state index in [2.05, 4.69) is 116 Å². The lowest BCUT2D eigenvalue weighted by atomic mass is 10.0. The van der Waals surface area contributed by atoms with Gasteiger partial charge < -0.3 is 28.8 Å². The third-order valence-corrected chi connectivity index (χ3v) is 13.9. The molecular formula is C65H115N2O6P. The Kier molecular flexibility index (Phi) is 52.8. The van der Waals surface area contributed by atoms with E-state index in [4.69, 9.17) is 9.05 Å². The molecule has 0 radical (unpaired) electrons. The van der Waals surface area contributed by atoms with Gasteiger partial charge in [0.2, 0.25) is 5.91 Å². The maximum absolute atomic E-state index is 13.0. The van der Waals surface area contributed by atoms with Crippen LogP contribution in [0.4, 0.5) is 0 Å². The maximum atomic E-state index is 13.0. The van der Waals surface area contributed by atoms with Crippen LogP contribution in [0.25, 0.3) is 0 Å². The average molecular weight is 1050 g/mol. The first-order valence-corrected chi connectivity index (χ1v) is 31.7. The van der Waals surface area contributed by atoms with Crippen LogP contribution in [0, 0.1) is 0 Å². The van der Waals surface area contributed by atoms with Crippen molar-refractivity contribution < 1.29 is 32.9 Å². The molecule has 0 aromatic heterocycles. The second-order valence-electron chi connectivity index (χ2n) is 21.3. The van der Waals surface area contributed by atoms with Gasteiger partial charge in [-0.2, -0.15) is 0 Å².